The van der Waals surface area contributed by atoms with Crippen molar-refractivity contribution >= 4 is 23.6 Å². The average molecular weight is 304 g/mol. The fourth-order valence-corrected chi connectivity index (χ4v) is 2.59. The van der Waals surface area contributed by atoms with Crippen LogP contribution in [0, 0.1) is 0 Å². The van der Waals surface area contributed by atoms with Crippen molar-refractivity contribution in [3.8, 4) is 0 Å². The van der Waals surface area contributed by atoms with Gasteiger partial charge >= 0.3 is 0 Å². The molecule has 0 fully saturated rings. The predicted octanol–water partition coefficient (Wildman–Crippen LogP) is 1.18. The molecule has 2 aliphatic rings. The molecule has 2 aliphatic heterocycles. The summed E-state index contributed by atoms with van der Waals surface area (Å²) < 4.78 is 0. The molecule has 0 radical (unpaired) electrons. The molecule has 0 atom stereocenters. The monoisotopic (exact) mass is 304 g/mol. The third-order valence-corrected chi connectivity index (χ3v) is 3.94. The van der Waals surface area contributed by atoms with Crippen LogP contribution in [0.2, 0.25) is 0 Å². The molecule has 22 heavy (non-hydrogen) atoms. The number of carbonyl (C=O) groups is 4. The fourth-order valence-electron chi connectivity index (χ4n) is 2.59. The molecule has 0 aromatic rings. The van der Waals surface area contributed by atoms with Gasteiger partial charge in [0.15, 0.2) is 0 Å². The van der Waals surface area contributed by atoms with Gasteiger partial charge in [0, 0.05) is 36.4 Å². The maximum Gasteiger partial charge on any atom is 0.256 e. The normalized spacial score (nSPS) is 18.5. The molecular formula is C16H20N2O4. The molecular weight excluding hydrogens is 284 g/mol. The van der Waals surface area contributed by atoms with Crippen molar-refractivity contribution in [3.05, 3.63) is 23.3 Å². The largest absolute Gasteiger partial charge is 0.275 e. The second-order valence-corrected chi connectivity index (χ2v) is 5.34. The summed E-state index contributed by atoms with van der Waals surface area (Å²) in [6.45, 7) is 4.32. The van der Waals surface area contributed by atoms with Gasteiger partial charge in [0.1, 0.15) is 0 Å². The van der Waals surface area contributed by atoms with Gasteiger partial charge in [0.2, 0.25) is 0 Å². The Hall–Kier alpha value is -2.24. The molecule has 0 aliphatic carbocycles. The van der Waals surface area contributed by atoms with E-state index in [1.807, 2.05) is 13.8 Å². The van der Waals surface area contributed by atoms with Gasteiger partial charge in [-0.05, 0) is 25.7 Å². The molecule has 0 spiro atoms. The number of rotatable bonds is 7. The molecule has 0 aromatic heterocycles. The lowest BCUT2D eigenvalue weighted by Gasteiger charge is -2.17. The number of unbranched alkanes of at least 4 members (excludes halogenated alkanes) is 1. The molecule has 2 heterocycles. The summed E-state index contributed by atoms with van der Waals surface area (Å²) in [5, 5.41) is 0. The van der Waals surface area contributed by atoms with Crippen molar-refractivity contribution in [1.82, 2.24) is 9.80 Å². The Morgan fingerprint density at radius 3 is 1.36 bits per heavy atom. The second kappa shape index (κ2) is 6.68. The summed E-state index contributed by atoms with van der Waals surface area (Å²) in [5.74, 6) is -0.998. The van der Waals surface area contributed by atoms with Crippen molar-refractivity contribution in [2.45, 2.75) is 39.5 Å². The van der Waals surface area contributed by atoms with E-state index >= 15 is 0 Å². The summed E-state index contributed by atoms with van der Waals surface area (Å²) in [5.41, 5.74) is 1.07. The first-order valence-corrected chi connectivity index (χ1v) is 7.62. The molecule has 6 nitrogen and oxygen atoms in total. The van der Waals surface area contributed by atoms with E-state index in [9.17, 15) is 19.2 Å². The van der Waals surface area contributed by atoms with Crippen molar-refractivity contribution in [2.75, 3.05) is 13.1 Å². The van der Waals surface area contributed by atoms with E-state index in [-0.39, 0.29) is 23.6 Å². The van der Waals surface area contributed by atoms with Crippen molar-refractivity contribution in [1.29, 1.82) is 0 Å². The Labute approximate surface area is 129 Å². The number of hydrogen-bond donors (Lipinski definition) is 0. The molecule has 4 amide bonds. The van der Waals surface area contributed by atoms with E-state index in [1.54, 1.807) is 0 Å². The first-order valence-electron chi connectivity index (χ1n) is 7.62. The number of amides is 4. The van der Waals surface area contributed by atoms with E-state index in [4.69, 9.17) is 0 Å². The van der Waals surface area contributed by atoms with Gasteiger partial charge in [-0.2, -0.15) is 0 Å². The van der Waals surface area contributed by atoms with Gasteiger partial charge in [-0.3, -0.25) is 29.0 Å². The summed E-state index contributed by atoms with van der Waals surface area (Å²) in [7, 11) is 0. The summed E-state index contributed by atoms with van der Waals surface area (Å²) in [4.78, 5) is 49.6. The first kappa shape index (κ1) is 16.1. The van der Waals surface area contributed by atoms with Crippen LogP contribution >= 0.6 is 0 Å². The van der Waals surface area contributed by atoms with E-state index in [2.05, 4.69) is 0 Å². The fraction of sp³-hybridized carbons (Fsp3) is 0.500. The lowest BCUT2D eigenvalue weighted by atomic mass is 10.2. The molecule has 0 saturated carbocycles. The molecule has 0 bridgehead atoms. The van der Waals surface area contributed by atoms with Crippen LogP contribution < -0.4 is 0 Å². The highest BCUT2D eigenvalue weighted by Crippen LogP contribution is 2.18. The Bertz CT molecular complexity index is 537. The van der Waals surface area contributed by atoms with E-state index < -0.39 is 0 Å². The van der Waals surface area contributed by atoms with E-state index in [0.717, 1.165) is 0 Å². The lowest BCUT2D eigenvalue weighted by Crippen LogP contribution is -2.34. The van der Waals surface area contributed by atoms with Crippen molar-refractivity contribution in [2.24, 2.45) is 0 Å². The zero-order valence-electron chi connectivity index (χ0n) is 12.9. The summed E-state index contributed by atoms with van der Waals surface area (Å²) in [6, 6.07) is 0. The van der Waals surface area contributed by atoms with Crippen LogP contribution in [0.1, 0.15) is 39.5 Å². The molecule has 2 rings (SSSR count). The summed E-state index contributed by atoms with van der Waals surface area (Å²) in [6.07, 6.45) is 4.99. The number of hydrogen-bond acceptors (Lipinski definition) is 4. The zero-order valence-corrected chi connectivity index (χ0v) is 12.9. The quantitative estimate of drug-likeness (QED) is 0.523. The molecule has 0 saturated heterocycles. The van der Waals surface area contributed by atoms with E-state index in [1.165, 1.54) is 22.0 Å². The molecule has 118 valence electrons. The molecule has 6 heteroatoms. The second-order valence-electron chi connectivity index (χ2n) is 5.34. The van der Waals surface area contributed by atoms with Crippen LogP contribution in [0.4, 0.5) is 0 Å². The highest BCUT2D eigenvalue weighted by atomic mass is 16.2. The van der Waals surface area contributed by atoms with Crippen molar-refractivity contribution in [3.63, 3.8) is 0 Å². The average Bonchev–Trinajstić information content (AvgIpc) is 2.93. The van der Waals surface area contributed by atoms with Crippen molar-refractivity contribution < 1.29 is 19.2 Å². The first-order chi connectivity index (χ1) is 10.5. The van der Waals surface area contributed by atoms with Crippen LogP contribution in [-0.4, -0.2) is 46.5 Å². The van der Waals surface area contributed by atoms with Crippen LogP contribution in [0.15, 0.2) is 23.3 Å². The number of nitrogens with zero attached hydrogens (tertiary/aromatic N) is 2. The summed E-state index contributed by atoms with van der Waals surface area (Å²) >= 11 is 0. The highest BCUT2D eigenvalue weighted by molar-refractivity contribution is 6.16. The van der Waals surface area contributed by atoms with Crippen LogP contribution in [0.5, 0.6) is 0 Å². The predicted molar refractivity (Wildman–Crippen MR) is 79.4 cm³/mol. The Balaban J connectivity index is 1.77. The molecule has 0 N–H and O–H groups in total. The maximum absolute atomic E-state index is 11.9. The minimum atomic E-state index is -0.273. The van der Waals surface area contributed by atoms with Gasteiger partial charge < -0.3 is 0 Å². The minimum Gasteiger partial charge on any atom is -0.275 e. The molecule has 0 aromatic carbocycles. The zero-order chi connectivity index (χ0) is 16.3. The lowest BCUT2D eigenvalue weighted by molar-refractivity contribution is -0.139. The van der Waals surface area contributed by atoms with Crippen LogP contribution in [0.3, 0.4) is 0 Å². The minimum absolute atomic E-state index is 0.226. The van der Waals surface area contributed by atoms with E-state index in [0.29, 0.717) is 49.9 Å². The topological polar surface area (TPSA) is 74.8 Å². The van der Waals surface area contributed by atoms with Gasteiger partial charge in [-0.15, -0.1) is 0 Å². The Kier molecular flexibility index (Phi) is 4.90. The van der Waals surface area contributed by atoms with Gasteiger partial charge in [0.25, 0.3) is 23.6 Å². The Morgan fingerprint density at radius 1 is 0.727 bits per heavy atom. The standard InChI is InChI=1S/C16H20N2O4/c1-3-11-9-13(19)17(15(11)21)7-5-6-8-18-14(20)10-12(4-2)16(18)22/h9-10H,3-8H2,1-2H3. The third-order valence-electron chi connectivity index (χ3n) is 3.94. The van der Waals surface area contributed by atoms with Gasteiger partial charge in [-0.1, -0.05) is 13.8 Å². The SMILES string of the molecule is CCC1=CC(=O)N(CCCCN2C(=O)C=C(CC)C2=O)C1=O. The number of carbonyl (C=O) groups excluding carboxylic acids is 4. The number of imide groups is 2. The third kappa shape index (κ3) is 3.00. The Morgan fingerprint density at radius 2 is 1.09 bits per heavy atom. The van der Waals surface area contributed by atoms with Crippen LogP contribution in [0.25, 0.3) is 0 Å². The van der Waals surface area contributed by atoms with Gasteiger partial charge in [-0.25, -0.2) is 0 Å². The van der Waals surface area contributed by atoms with Gasteiger partial charge in [0.05, 0.1) is 0 Å². The molecule has 0 unspecified atom stereocenters. The smallest absolute Gasteiger partial charge is 0.256 e. The van der Waals surface area contributed by atoms with Crippen LogP contribution in [-0.2, 0) is 19.2 Å². The maximum atomic E-state index is 11.9. The highest BCUT2D eigenvalue weighted by Gasteiger charge is 2.31.